The SMILES string of the molecule is CSc1cccc(NC(=O)C(C)(C)N2CC(C)=C(c3ccccc3)C2=O)c1. The van der Waals surface area contributed by atoms with E-state index in [9.17, 15) is 9.59 Å². The van der Waals surface area contributed by atoms with Crippen LogP contribution in [0.25, 0.3) is 5.57 Å². The molecule has 2 aromatic carbocycles. The quantitative estimate of drug-likeness (QED) is 0.780. The summed E-state index contributed by atoms with van der Waals surface area (Å²) >= 11 is 1.62. The third-order valence-electron chi connectivity index (χ3n) is 4.90. The minimum absolute atomic E-state index is 0.100. The van der Waals surface area contributed by atoms with Crippen LogP contribution in [0.5, 0.6) is 0 Å². The summed E-state index contributed by atoms with van der Waals surface area (Å²) in [4.78, 5) is 28.8. The van der Waals surface area contributed by atoms with Crippen LogP contribution in [0, 0.1) is 0 Å². The van der Waals surface area contributed by atoms with Crippen LogP contribution in [0.15, 0.2) is 65.1 Å². The van der Waals surface area contributed by atoms with Gasteiger partial charge in [0.15, 0.2) is 0 Å². The first-order valence-corrected chi connectivity index (χ1v) is 10.1. The van der Waals surface area contributed by atoms with Crippen LogP contribution in [0.2, 0.25) is 0 Å². The summed E-state index contributed by atoms with van der Waals surface area (Å²) in [6.07, 6.45) is 1.99. The first-order valence-electron chi connectivity index (χ1n) is 8.87. The van der Waals surface area contributed by atoms with Gasteiger partial charge in [-0.05, 0) is 56.4 Å². The Balaban J connectivity index is 1.81. The molecule has 0 fully saturated rings. The maximum atomic E-state index is 13.1. The van der Waals surface area contributed by atoms with E-state index in [0.717, 1.165) is 21.7 Å². The highest BCUT2D eigenvalue weighted by Gasteiger charge is 2.43. The number of nitrogens with zero attached hydrogens (tertiary/aromatic N) is 1. The lowest BCUT2D eigenvalue weighted by Gasteiger charge is -2.34. The van der Waals surface area contributed by atoms with E-state index in [1.54, 1.807) is 30.5 Å². The average Bonchev–Trinajstić information content (AvgIpc) is 2.97. The third-order valence-corrected chi connectivity index (χ3v) is 5.63. The van der Waals surface area contributed by atoms with Gasteiger partial charge in [-0.1, -0.05) is 36.4 Å². The van der Waals surface area contributed by atoms with E-state index in [1.165, 1.54) is 0 Å². The molecule has 2 amide bonds. The van der Waals surface area contributed by atoms with Gasteiger partial charge in [-0.15, -0.1) is 11.8 Å². The third kappa shape index (κ3) is 3.78. The maximum absolute atomic E-state index is 13.1. The van der Waals surface area contributed by atoms with Gasteiger partial charge in [-0.3, -0.25) is 9.59 Å². The topological polar surface area (TPSA) is 49.4 Å². The van der Waals surface area contributed by atoms with Gasteiger partial charge in [0.2, 0.25) is 5.91 Å². The summed E-state index contributed by atoms with van der Waals surface area (Å²) in [7, 11) is 0. The summed E-state index contributed by atoms with van der Waals surface area (Å²) in [6.45, 7) is 5.99. The summed E-state index contributed by atoms with van der Waals surface area (Å²) < 4.78 is 0. The molecule has 0 spiro atoms. The van der Waals surface area contributed by atoms with Crippen molar-refractivity contribution in [2.75, 3.05) is 18.1 Å². The number of nitrogens with one attached hydrogen (secondary N) is 1. The molecule has 140 valence electrons. The van der Waals surface area contributed by atoms with Gasteiger partial charge in [0.25, 0.3) is 5.91 Å². The van der Waals surface area contributed by atoms with Gasteiger partial charge in [0, 0.05) is 22.7 Å². The Bertz CT molecular complexity index is 904. The molecule has 0 aliphatic carbocycles. The van der Waals surface area contributed by atoms with Gasteiger partial charge >= 0.3 is 0 Å². The Morgan fingerprint density at radius 3 is 2.48 bits per heavy atom. The second kappa shape index (κ2) is 7.61. The molecule has 0 saturated carbocycles. The number of carbonyl (C=O) groups excluding carboxylic acids is 2. The normalized spacial score (nSPS) is 14.7. The molecule has 1 heterocycles. The molecule has 1 aliphatic heterocycles. The summed E-state index contributed by atoms with van der Waals surface area (Å²) in [5.41, 5.74) is 2.34. The van der Waals surface area contributed by atoms with Crippen molar-refractivity contribution in [3.05, 3.63) is 65.7 Å². The highest BCUT2D eigenvalue weighted by molar-refractivity contribution is 7.98. The van der Waals surface area contributed by atoms with Crippen LogP contribution < -0.4 is 5.32 Å². The van der Waals surface area contributed by atoms with Crippen LogP contribution in [0.1, 0.15) is 26.3 Å². The van der Waals surface area contributed by atoms with Crippen molar-refractivity contribution in [1.29, 1.82) is 0 Å². The van der Waals surface area contributed by atoms with E-state index >= 15 is 0 Å². The van der Waals surface area contributed by atoms with E-state index in [-0.39, 0.29) is 11.8 Å². The number of hydrogen-bond acceptors (Lipinski definition) is 3. The molecule has 0 radical (unpaired) electrons. The van der Waals surface area contributed by atoms with Crippen molar-refractivity contribution in [2.45, 2.75) is 31.2 Å². The Hall–Kier alpha value is -2.53. The molecule has 3 rings (SSSR count). The zero-order valence-electron chi connectivity index (χ0n) is 16.1. The summed E-state index contributed by atoms with van der Waals surface area (Å²) in [5.74, 6) is -0.298. The molecule has 0 bridgehead atoms. The van der Waals surface area contributed by atoms with E-state index in [2.05, 4.69) is 5.32 Å². The zero-order valence-corrected chi connectivity index (χ0v) is 16.9. The minimum Gasteiger partial charge on any atom is -0.324 e. The van der Waals surface area contributed by atoms with Gasteiger partial charge in [0.1, 0.15) is 5.54 Å². The molecular weight excluding hydrogens is 356 g/mol. The molecule has 27 heavy (non-hydrogen) atoms. The highest BCUT2D eigenvalue weighted by Crippen LogP contribution is 2.33. The number of amides is 2. The Kier molecular flexibility index (Phi) is 5.42. The van der Waals surface area contributed by atoms with Crippen molar-refractivity contribution in [2.24, 2.45) is 0 Å². The first-order chi connectivity index (χ1) is 12.8. The molecule has 5 heteroatoms. The molecule has 1 N–H and O–H groups in total. The molecule has 4 nitrogen and oxygen atoms in total. The number of carbonyl (C=O) groups is 2. The Labute approximate surface area is 164 Å². The van der Waals surface area contributed by atoms with E-state index < -0.39 is 5.54 Å². The van der Waals surface area contributed by atoms with E-state index in [4.69, 9.17) is 0 Å². The predicted octanol–water partition coefficient (Wildman–Crippen LogP) is 4.44. The van der Waals surface area contributed by atoms with Crippen molar-refractivity contribution >= 4 is 34.8 Å². The van der Waals surface area contributed by atoms with Crippen LogP contribution in [-0.4, -0.2) is 35.1 Å². The van der Waals surface area contributed by atoms with E-state index in [1.807, 2.05) is 67.8 Å². The monoisotopic (exact) mass is 380 g/mol. The van der Waals surface area contributed by atoms with Crippen molar-refractivity contribution in [3.63, 3.8) is 0 Å². The standard InChI is InChI=1S/C22H24N2O2S/c1-15-14-24(20(25)19(15)16-9-6-5-7-10-16)22(2,3)21(26)23-17-11-8-12-18(13-17)27-4/h5-13H,14H2,1-4H3,(H,23,26). The largest absolute Gasteiger partial charge is 0.324 e. The number of rotatable bonds is 5. The van der Waals surface area contributed by atoms with Gasteiger partial charge in [0.05, 0.1) is 0 Å². The lowest BCUT2D eigenvalue weighted by molar-refractivity contribution is -0.137. The van der Waals surface area contributed by atoms with Crippen molar-refractivity contribution in [3.8, 4) is 0 Å². The van der Waals surface area contributed by atoms with Crippen LogP contribution in [0.4, 0.5) is 5.69 Å². The predicted molar refractivity (Wildman–Crippen MR) is 112 cm³/mol. The average molecular weight is 381 g/mol. The van der Waals surface area contributed by atoms with E-state index in [0.29, 0.717) is 12.1 Å². The number of hydrogen-bond donors (Lipinski definition) is 1. The van der Waals surface area contributed by atoms with Crippen LogP contribution in [0.3, 0.4) is 0 Å². The zero-order chi connectivity index (χ0) is 19.6. The first kappa shape index (κ1) is 19.2. The molecule has 0 atom stereocenters. The fourth-order valence-electron chi connectivity index (χ4n) is 3.24. The Morgan fingerprint density at radius 1 is 1.11 bits per heavy atom. The fraction of sp³-hybridized carbons (Fsp3) is 0.273. The van der Waals surface area contributed by atoms with Crippen LogP contribution in [-0.2, 0) is 9.59 Å². The molecular formula is C22H24N2O2S. The number of thioether (sulfide) groups is 1. The van der Waals surface area contributed by atoms with Crippen molar-refractivity contribution < 1.29 is 9.59 Å². The molecule has 0 saturated heterocycles. The smallest absolute Gasteiger partial charge is 0.255 e. The lowest BCUT2D eigenvalue weighted by Crippen LogP contribution is -2.53. The summed E-state index contributed by atoms with van der Waals surface area (Å²) in [6, 6.07) is 17.3. The molecule has 0 aromatic heterocycles. The molecule has 0 unspecified atom stereocenters. The second-order valence-electron chi connectivity index (χ2n) is 7.16. The highest BCUT2D eigenvalue weighted by atomic mass is 32.2. The molecule has 1 aliphatic rings. The van der Waals surface area contributed by atoms with Gasteiger partial charge in [-0.2, -0.15) is 0 Å². The van der Waals surface area contributed by atoms with Gasteiger partial charge < -0.3 is 10.2 Å². The second-order valence-corrected chi connectivity index (χ2v) is 8.04. The fourth-order valence-corrected chi connectivity index (χ4v) is 3.70. The Morgan fingerprint density at radius 2 is 1.81 bits per heavy atom. The number of anilines is 1. The van der Waals surface area contributed by atoms with Gasteiger partial charge in [-0.25, -0.2) is 0 Å². The number of benzene rings is 2. The molecule has 2 aromatic rings. The van der Waals surface area contributed by atoms with Crippen molar-refractivity contribution in [1.82, 2.24) is 4.90 Å². The van der Waals surface area contributed by atoms with Crippen LogP contribution >= 0.6 is 11.8 Å². The maximum Gasteiger partial charge on any atom is 0.255 e. The summed E-state index contributed by atoms with van der Waals surface area (Å²) in [5, 5.41) is 2.96. The minimum atomic E-state index is -0.968. The lowest BCUT2D eigenvalue weighted by atomic mass is 10.00.